The monoisotopic (exact) mass is 250 g/mol. The standard InChI is InChI=1S/C12H22N6/c1-4-17(5-2)11-14-10(13-3)15-12(16-11)18-8-6-7-9-18/h4-9H2,1-3H3,(H,13,14,15,16). The van der Waals surface area contributed by atoms with E-state index < -0.39 is 0 Å². The normalized spacial score (nSPS) is 14.9. The van der Waals surface area contributed by atoms with Crippen molar-refractivity contribution in [2.45, 2.75) is 26.7 Å². The third kappa shape index (κ3) is 2.63. The maximum atomic E-state index is 4.60. The first-order valence-corrected chi connectivity index (χ1v) is 6.72. The van der Waals surface area contributed by atoms with E-state index in [1.165, 1.54) is 12.8 Å². The Balaban J connectivity index is 2.31. The minimum Gasteiger partial charge on any atom is -0.357 e. The summed E-state index contributed by atoms with van der Waals surface area (Å²) in [5, 5.41) is 3.02. The van der Waals surface area contributed by atoms with E-state index in [0.717, 1.165) is 38.1 Å². The molecule has 0 radical (unpaired) electrons. The van der Waals surface area contributed by atoms with Gasteiger partial charge >= 0.3 is 0 Å². The fourth-order valence-electron chi connectivity index (χ4n) is 2.17. The fraction of sp³-hybridized carbons (Fsp3) is 0.750. The van der Waals surface area contributed by atoms with E-state index in [0.29, 0.717) is 5.95 Å². The topological polar surface area (TPSA) is 57.2 Å². The summed E-state index contributed by atoms with van der Waals surface area (Å²) >= 11 is 0. The molecule has 0 aliphatic carbocycles. The van der Waals surface area contributed by atoms with E-state index in [9.17, 15) is 0 Å². The van der Waals surface area contributed by atoms with Gasteiger partial charge in [-0.1, -0.05) is 0 Å². The van der Waals surface area contributed by atoms with Crippen LogP contribution in [0.1, 0.15) is 26.7 Å². The lowest BCUT2D eigenvalue weighted by atomic mass is 10.4. The van der Waals surface area contributed by atoms with Gasteiger partial charge in [-0.25, -0.2) is 0 Å². The molecule has 18 heavy (non-hydrogen) atoms. The molecule has 1 saturated heterocycles. The molecule has 0 atom stereocenters. The zero-order valence-electron chi connectivity index (χ0n) is 11.5. The van der Waals surface area contributed by atoms with Crippen molar-refractivity contribution < 1.29 is 0 Å². The molecule has 0 amide bonds. The highest BCUT2D eigenvalue weighted by Gasteiger charge is 2.18. The zero-order chi connectivity index (χ0) is 13.0. The van der Waals surface area contributed by atoms with Gasteiger partial charge in [0.25, 0.3) is 0 Å². The summed E-state index contributed by atoms with van der Waals surface area (Å²) < 4.78 is 0. The van der Waals surface area contributed by atoms with Crippen LogP contribution >= 0.6 is 0 Å². The molecule has 6 heteroatoms. The Morgan fingerprint density at radius 3 is 2.33 bits per heavy atom. The summed E-state index contributed by atoms with van der Waals surface area (Å²) in [5.41, 5.74) is 0. The van der Waals surface area contributed by atoms with E-state index in [2.05, 4.69) is 43.9 Å². The first kappa shape index (κ1) is 12.9. The van der Waals surface area contributed by atoms with Crippen LogP contribution in [0.4, 0.5) is 17.8 Å². The van der Waals surface area contributed by atoms with Gasteiger partial charge in [0.1, 0.15) is 0 Å². The molecular weight excluding hydrogens is 228 g/mol. The van der Waals surface area contributed by atoms with Crippen molar-refractivity contribution in [2.24, 2.45) is 0 Å². The second kappa shape index (κ2) is 5.84. The Morgan fingerprint density at radius 2 is 1.78 bits per heavy atom. The number of hydrogen-bond acceptors (Lipinski definition) is 6. The highest BCUT2D eigenvalue weighted by atomic mass is 15.4. The number of aromatic nitrogens is 3. The van der Waals surface area contributed by atoms with Gasteiger partial charge in [-0.3, -0.25) is 0 Å². The predicted molar refractivity (Wildman–Crippen MR) is 74.4 cm³/mol. The predicted octanol–water partition coefficient (Wildman–Crippen LogP) is 1.36. The van der Waals surface area contributed by atoms with Crippen LogP contribution in [0.5, 0.6) is 0 Å². The zero-order valence-corrected chi connectivity index (χ0v) is 11.5. The molecule has 1 aliphatic rings. The van der Waals surface area contributed by atoms with Crippen molar-refractivity contribution in [1.82, 2.24) is 15.0 Å². The second-order valence-corrected chi connectivity index (χ2v) is 4.38. The molecule has 0 unspecified atom stereocenters. The second-order valence-electron chi connectivity index (χ2n) is 4.38. The Labute approximate surface area is 108 Å². The first-order chi connectivity index (χ1) is 8.78. The minimum absolute atomic E-state index is 0.647. The maximum absolute atomic E-state index is 4.60. The van der Waals surface area contributed by atoms with Crippen LogP contribution in [0.2, 0.25) is 0 Å². The van der Waals surface area contributed by atoms with E-state index in [4.69, 9.17) is 0 Å². The van der Waals surface area contributed by atoms with Crippen LogP contribution in [-0.2, 0) is 0 Å². The smallest absolute Gasteiger partial charge is 0.231 e. The minimum atomic E-state index is 0.647. The molecule has 1 aromatic rings. The van der Waals surface area contributed by atoms with E-state index in [-0.39, 0.29) is 0 Å². The van der Waals surface area contributed by atoms with Gasteiger partial charge in [-0.15, -0.1) is 0 Å². The lowest BCUT2D eigenvalue weighted by molar-refractivity contribution is 0.798. The van der Waals surface area contributed by atoms with Crippen LogP contribution < -0.4 is 15.1 Å². The highest BCUT2D eigenvalue weighted by molar-refractivity contribution is 5.45. The summed E-state index contributed by atoms with van der Waals surface area (Å²) in [5.74, 6) is 2.21. The molecule has 0 spiro atoms. The summed E-state index contributed by atoms with van der Waals surface area (Å²) in [6, 6.07) is 0. The SMILES string of the molecule is CCN(CC)c1nc(NC)nc(N2CCCC2)n1. The molecule has 1 aliphatic heterocycles. The van der Waals surface area contributed by atoms with Crippen molar-refractivity contribution in [1.29, 1.82) is 0 Å². The van der Waals surface area contributed by atoms with Crippen molar-refractivity contribution in [3.8, 4) is 0 Å². The van der Waals surface area contributed by atoms with Crippen LogP contribution in [-0.4, -0.2) is 48.2 Å². The number of hydrogen-bond donors (Lipinski definition) is 1. The quantitative estimate of drug-likeness (QED) is 0.851. The number of rotatable bonds is 5. The Hall–Kier alpha value is -1.59. The Kier molecular flexibility index (Phi) is 4.17. The van der Waals surface area contributed by atoms with Gasteiger partial charge in [0.15, 0.2) is 0 Å². The lowest BCUT2D eigenvalue weighted by Crippen LogP contribution is -2.27. The molecule has 6 nitrogen and oxygen atoms in total. The molecule has 100 valence electrons. The van der Waals surface area contributed by atoms with Gasteiger partial charge in [0.2, 0.25) is 17.8 Å². The summed E-state index contributed by atoms with van der Waals surface area (Å²) in [4.78, 5) is 17.8. The first-order valence-electron chi connectivity index (χ1n) is 6.72. The van der Waals surface area contributed by atoms with Gasteiger partial charge in [-0.05, 0) is 26.7 Å². The van der Waals surface area contributed by atoms with Crippen LogP contribution in [0, 0.1) is 0 Å². The average molecular weight is 250 g/mol. The highest BCUT2D eigenvalue weighted by Crippen LogP contribution is 2.19. The van der Waals surface area contributed by atoms with E-state index >= 15 is 0 Å². The van der Waals surface area contributed by atoms with Gasteiger partial charge in [0, 0.05) is 33.2 Å². The molecule has 0 saturated carbocycles. The van der Waals surface area contributed by atoms with Crippen LogP contribution in [0.3, 0.4) is 0 Å². The lowest BCUT2D eigenvalue weighted by Gasteiger charge is -2.22. The molecule has 1 N–H and O–H groups in total. The van der Waals surface area contributed by atoms with E-state index in [1.54, 1.807) is 0 Å². The molecule has 0 bridgehead atoms. The summed E-state index contributed by atoms with van der Waals surface area (Å²) in [6.45, 7) is 8.13. The van der Waals surface area contributed by atoms with Crippen molar-refractivity contribution in [3.05, 3.63) is 0 Å². The van der Waals surface area contributed by atoms with Crippen molar-refractivity contribution >= 4 is 17.8 Å². The molecule has 1 fully saturated rings. The largest absolute Gasteiger partial charge is 0.357 e. The third-order valence-corrected chi connectivity index (χ3v) is 3.27. The summed E-state index contributed by atoms with van der Waals surface area (Å²) in [7, 11) is 1.84. The Bertz CT molecular complexity index is 364. The van der Waals surface area contributed by atoms with Crippen LogP contribution in [0.15, 0.2) is 0 Å². The number of anilines is 3. The fourth-order valence-corrected chi connectivity index (χ4v) is 2.17. The van der Waals surface area contributed by atoms with Crippen molar-refractivity contribution in [2.75, 3.05) is 48.3 Å². The van der Waals surface area contributed by atoms with Gasteiger partial charge < -0.3 is 15.1 Å². The van der Waals surface area contributed by atoms with Crippen LogP contribution in [0.25, 0.3) is 0 Å². The maximum Gasteiger partial charge on any atom is 0.231 e. The number of nitrogens with zero attached hydrogens (tertiary/aromatic N) is 5. The summed E-state index contributed by atoms with van der Waals surface area (Å²) in [6.07, 6.45) is 2.45. The van der Waals surface area contributed by atoms with Gasteiger partial charge in [-0.2, -0.15) is 15.0 Å². The molecule has 0 aromatic carbocycles. The Morgan fingerprint density at radius 1 is 1.11 bits per heavy atom. The molecule has 2 heterocycles. The molecule has 2 rings (SSSR count). The van der Waals surface area contributed by atoms with E-state index in [1.807, 2.05) is 7.05 Å². The molecule has 1 aromatic heterocycles. The van der Waals surface area contributed by atoms with Crippen molar-refractivity contribution in [3.63, 3.8) is 0 Å². The third-order valence-electron chi connectivity index (χ3n) is 3.27. The average Bonchev–Trinajstić information content (AvgIpc) is 2.94. The number of nitrogens with one attached hydrogen (secondary N) is 1. The molecular formula is C12H22N6. The van der Waals surface area contributed by atoms with Gasteiger partial charge in [0.05, 0.1) is 0 Å².